The summed E-state index contributed by atoms with van der Waals surface area (Å²) in [6.07, 6.45) is 2.75. The first-order valence-corrected chi connectivity index (χ1v) is 8.53. The van der Waals surface area contributed by atoms with Crippen LogP contribution in [0.1, 0.15) is 35.3 Å². The van der Waals surface area contributed by atoms with Gasteiger partial charge in [0, 0.05) is 11.3 Å². The van der Waals surface area contributed by atoms with Crippen molar-refractivity contribution >= 4 is 7.92 Å². The summed E-state index contributed by atoms with van der Waals surface area (Å²) in [6.45, 7) is 0. The van der Waals surface area contributed by atoms with Gasteiger partial charge in [0.25, 0.3) is 0 Å². The Bertz CT molecular complexity index is 464. The third-order valence-electron chi connectivity index (χ3n) is 4.05. The molecule has 2 atom stereocenters. The lowest BCUT2D eigenvalue weighted by atomic mass is 10.0. The van der Waals surface area contributed by atoms with Gasteiger partial charge in [-0.1, -0.05) is 68.6 Å². The SMILES string of the molecule is OCP1[C@H](c2ccccc2)CC[C@H]1c1ccccc1. The van der Waals surface area contributed by atoms with Gasteiger partial charge >= 0.3 is 0 Å². The zero-order chi connectivity index (χ0) is 13.1. The van der Waals surface area contributed by atoms with Crippen molar-refractivity contribution in [1.82, 2.24) is 0 Å². The molecule has 3 rings (SSSR count). The van der Waals surface area contributed by atoms with Gasteiger partial charge in [-0.3, -0.25) is 0 Å². The van der Waals surface area contributed by atoms with E-state index < -0.39 is 0 Å². The van der Waals surface area contributed by atoms with Crippen LogP contribution in [0, 0.1) is 0 Å². The van der Waals surface area contributed by atoms with Crippen molar-refractivity contribution in [2.24, 2.45) is 0 Å². The van der Waals surface area contributed by atoms with E-state index in [2.05, 4.69) is 60.7 Å². The maximum absolute atomic E-state index is 9.86. The summed E-state index contributed by atoms with van der Waals surface area (Å²) in [5.74, 6) is 0. The summed E-state index contributed by atoms with van der Waals surface area (Å²) in [5.41, 5.74) is 3.93. The Morgan fingerprint density at radius 3 is 1.58 bits per heavy atom. The number of aliphatic hydroxyl groups is 1. The lowest BCUT2D eigenvalue weighted by Crippen LogP contribution is -1.97. The summed E-state index contributed by atoms with van der Waals surface area (Å²) in [5, 5.41) is 9.86. The summed E-state index contributed by atoms with van der Waals surface area (Å²) in [6, 6.07) is 21.4. The van der Waals surface area contributed by atoms with Gasteiger partial charge in [-0.05, 0) is 24.0 Å². The molecule has 98 valence electrons. The van der Waals surface area contributed by atoms with Crippen LogP contribution in [-0.4, -0.2) is 11.5 Å². The van der Waals surface area contributed by atoms with Crippen LogP contribution in [0.4, 0.5) is 0 Å². The summed E-state index contributed by atoms with van der Waals surface area (Å²) < 4.78 is 0. The summed E-state index contributed by atoms with van der Waals surface area (Å²) in [4.78, 5) is 0. The van der Waals surface area contributed by atoms with Crippen LogP contribution in [0.25, 0.3) is 0 Å². The molecule has 0 aromatic heterocycles. The van der Waals surface area contributed by atoms with Gasteiger partial charge < -0.3 is 5.11 Å². The van der Waals surface area contributed by atoms with Gasteiger partial charge in [0.2, 0.25) is 0 Å². The topological polar surface area (TPSA) is 20.2 Å². The highest BCUT2D eigenvalue weighted by molar-refractivity contribution is 7.58. The Kier molecular flexibility index (Phi) is 3.96. The number of hydrogen-bond acceptors (Lipinski definition) is 1. The molecule has 2 aromatic rings. The molecule has 0 radical (unpaired) electrons. The van der Waals surface area contributed by atoms with Gasteiger partial charge in [-0.2, -0.15) is 0 Å². The molecule has 0 amide bonds. The Morgan fingerprint density at radius 1 is 0.789 bits per heavy atom. The zero-order valence-electron chi connectivity index (χ0n) is 10.9. The number of benzene rings is 2. The van der Waals surface area contributed by atoms with Crippen molar-refractivity contribution < 1.29 is 5.11 Å². The largest absolute Gasteiger partial charge is 0.392 e. The Balaban J connectivity index is 1.87. The molecule has 1 heterocycles. The van der Waals surface area contributed by atoms with Crippen molar-refractivity contribution in [2.45, 2.75) is 24.2 Å². The van der Waals surface area contributed by atoms with E-state index in [0.717, 1.165) is 0 Å². The highest BCUT2D eigenvalue weighted by Gasteiger charge is 2.36. The van der Waals surface area contributed by atoms with E-state index in [4.69, 9.17) is 0 Å². The van der Waals surface area contributed by atoms with E-state index in [0.29, 0.717) is 17.7 Å². The fourth-order valence-corrected chi connectivity index (χ4v) is 6.03. The van der Waals surface area contributed by atoms with E-state index in [1.165, 1.54) is 24.0 Å². The quantitative estimate of drug-likeness (QED) is 0.802. The molecule has 0 aliphatic carbocycles. The average molecular weight is 270 g/mol. The van der Waals surface area contributed by atoms with Crippen LogP contribution in [0.15, 0.2) is 60.7 Å². The normalized spacial score (nSPS) is 23.6. The van der Waals surface area contributed by atoms with Gasteiger partial charge in [0.05, 0.1) is 6.35 Å². The van der Waals surface area contributed by atoms with E-state index in [9.17, 15) is 5.11 Å². The lowest BCUT2D eigenvalue weighted by Gasteiger charge is -2.24. The molecule has 1 fully saturated rings. The van der Waals surface area contributed by atoms with Gasteiger partial charge in [-0.25, -0.2) is 0 Å². The van der Waals surface area contributed by atoms with Gasteiger partial charge in [0.15, 0.2) is 0 Å². The molecule has 0 unspecified atom stereocenters. The zero-order valence-corrected chi connectivity index (χ0v) is 11.8. The molecule has 2 heteroatoms. The molecule has 2 aromatic carbocycles. The molecule has 0 saturated carbocycles. The molecule has 1 aliphatic heterocycles. The standard InChI is InChI=1S/C17H19OP/c18-13-19-16(14-7-3-1-4-8-14)11-12-17(19)15-9-5-2-6-10-15/h1-10,16-18H,11-13H2/t16-,17-/m0/s1. The van der Waals surface area contributed by atoms with Gasteiger partial charge in [-0.15, -0.1) is 0 Å². The second-order valence-corrected chi connectivity index (χ2v) is 7.64. The molecule has 1 N–H and O–H groups in total. The smallest absolute Gasteiger partial charge is 0.0635 e. The summed E-state index contributed by atoms with van der Waals surface area (Å²) >= 11 is 0. The minimum atomic E-state index is -0.367. The predicted molar refractivity (Wildman–Crippen MR) is 81.6 cm³/mol. The second-order valence-electron chi connectivity index (χ2n) is 5.09. The first-order valence-electron chi connectivity index (χ1n) is 6.86. The van der Waals surface area contributed by atoms with Crippen molar-refractivity contribution in [3.63, 3.8) is 0 Å². The van der Waals surface area contributed by atoms with E-state index in [-0.39, 0.29) is 7.92 Å². The molecular weight excluding hydrogens is 251 g/mol. The number of hydrogen-bond donors (Lipinski definition) is 1. The van der Waals surface area contributed by atoms with Gasteiger partial charge in [0.1, 0.15) is 0 Å². The number of aliphatic hydroxyl groups excluding tert-OH is 1. The van der Waals surface area contributed by atoms with Crippen LogP contribution in [-0.2, 0) is 0 Å². The first-order chi connectivity index (χ1) is 9.40. The molecule has 1 nitrogen and oxygen atoms in total. The lowest BCUT2D eigenvalue weighted by molar-refractivity contribution is 0.368. The number of rotatable bonds is 3. The Labute approximate surface area is 116 Å². The molecular formula is C17H19OP. The highest BCUT2D eigenvalue weighted by atomic mass is 31.1. The third-order valence-corrected chi connectivity index (χ3v) is 7.09. The summed E-state index contributed by atoms with van der Waals surface area (Å²) in [7, 11) is -0.367. The molecule has 1 aliphatic rings. The Morgan fingerprint density at radius 2 is 1.21 bits per heavy atom. The van der Waals surface area contributed by atoms with Crippen LogP contribution < -0.4 is 0 Å². The minimum absolute atomic E-state index is 0.342. The van der Waals surface area contributed by atoms with E-state index in [1.807, 2.05) is 0 Å². The predicted octanol–water partition coefficient (Wildman–Crippen LogP) is 4.69. The van der Waals surface area contributed by atoms with Crippen LogP contribution in [0.5, 0.6) is 0 Å². The van der Waals surface area contributed by atoms with Crippen LogP contribution in [0.3, 0.4) is 0 Å². The average Bonchev–Trinajstić information content (AvgIpc) is 2.93. The van der Waals surface area contributed by atoms with Crippen LogP contribution in [0.2, 0.25) is 0 Å². The maximum atomic E-state index is 9.86. The van der Waals surface area contributed by atoms with Crippen molar-refractivity contribution in [1.29, 1.82) is 0 Å². The Hall–Kier alpha value is -1.17. The molecule has 1 saturated heterocycles. The minimum Gasteiger partial charge on any atom is -0.392 e. The molecule has 0 bridgehead atoms. The fraction of sp³-hybridized carbons (Fsp3) is 0.294. The van der Waals surface area contributed by atoms with Crippen molar-refractivity contribution in [3.8, 4) is 0 Å². The van der Waals surface area contributed by atoms with E-state index in [1.54, 1.807) is 0 Å². The van der Waals surface area contributed by atoms with Crippen molar-refractivity contribution in [3.05, 3.63) is 71.8 Å². The monoisotopic (exact) mass is 270 g/mol. The second kappa shape index (κ2) is 5.86. The highest BCUT2D eigenvalue weighted by Crippen LogP contribution is 2.69. The first kappa shape index (κ1) is 12.8. The molecule has 0 spiro atoms. The third kappa shape index (κ3) is 2.59. The van der Waals surface area contributed by atoms with Crippen molar-refractivity contribution in [2.75, 3.05) is 6.35 Å². The van der Waals surface area contributed by atoms with E-state index >= 15 is 0 Å². The fourth-order valence-electron chi connectivity index (χ4n) is 3.13. The van der Waals surface area contributed by atoms with Crippen LogP contribution >= 0.6 is 7.92 Å². The maximum Gasteiger partial charge on any atom is 0.0635 e. The molecule has 19 heavy (non-hydrogen) atoms.